The summed E-state index contributed by atoms with van der Waals surface area (Å²) in [4.78, 5) is 1.17. The topological polar surface area (TPSA) is 54.8 Å². The lowest BCUT2D eigenvalue weighted by atomic mass is 10.3. The minimum absolute atomic E-state index is 0. The molecule has 70 valence electrons. The van der Waals surface area contributed by atoms with Crippen molar-refractivity contribution in [3.05, 3.63) is 23.2 Å². The van der Waals surface area contributed by atoms with Crippen molar-refractivity contribution in [3.63, 3.8) is 0 Å². The fourth-order valence-electron chi connectivity index (χ4n) is 1.31. The third kappa shape index (κ3) is 1.43. The predicted octanol–water partition coefficient (Wildman–Crippen LogP) is 1.95. The van der Waals surface area contributed by atoms with Crippen LogP contribution in [0, 0.1) is 5.41 Å². The van der Waals surface area contributed by atoms with Gasteiger partial charge in [0.05, 0.1) is 5.69 Å². The molecule has 0 unspecified atom stereocenters. The van der Waals surface area contributed by atoms with E-state index in [0.717, 1.165) is 11.1 Å². The zero-order chi connectivity index (χ0) is 8.72. The Kier molecular flexibility index (Phi) is 2.63. The molecule has 5 heteroatoms. The smallest absolute Gasteiger partial charge is 0.139 e. The number of nitrogens with one attached hydrogen (secondary N) is 1. The van der Waals surface area contributed by atoms with Crippen LogP contribution in [0.25, 0.3) is 10.2 Å². The van der Waals surface area contributed by atoms with Crippen LogP contribution < -0.4 is 5.73 Å². The number of hydrogen-bond donors (Lipinski definition) is 2. The van der Waals surface area contributed by atoms with Crippen molar-refractivity contribution >= 4 is 39.8 Å². The second-order valence-corrected chi connectivity index (χ2v) is 3.58. The van der Waals surface area contributed by atoms with Gasteiger partial charge < -0.3 is 10.3 Å². The minimum atomic E-state index is 0. The molecular formula is C8H10ClN3S. The van der Waals surface area contributed by atoms with Crippen molar-refractivity contribution < 1.29 is 0 Å². The highest BCUT2D eigenvalue weighted by Crippen LogP contribution is 2.23. The second kappa shape index (κ2) is 3.40. The SMILES string of the molecule is Cl.Cn1c(C(=N)N)cc2ccsc21. The number of thiophene rings is 1. The summed E-state index contributed by atoms with van der Waals surface area (Å²) in [6.45, 7) is 0. The van der Waals surface area contributed by atoms with Crippen LogP contribution in [0.2, 0.25) is 0 Å². The summed E-state index contributed by atoms with van der Waals surface area (Å²) in [5.74, 6) is 0.126. The molecule has 0 aliphatic carbocycles. The van der Waals surface area contributed by atoms with Crippen molar-refractivity contribution in [3.8, 4) is 0 Å². The molecule has 13 heavy (non-hydrogen) atoms. The zero-order valence-corrected chi connectivity index (χ0v) is 8.71. The molecule has 2 rings (SSSR count). The monoisotopic (exact) mass is 215 g/mol. The molecule has 0 fully saturated rings. The third-order valence-electron chi connectivity index (χ3n) is 1.91. The Balaban J connectivity index is 0.000000845. The first-order valence-electron chi connectivity index (χ1n) is 3.57. The van der Waals surface area contributed by atoms with E-state index in [2.05, 4.69) is 0 Å². The second-order valence-electron chi connectivity index (χ2n) is 2.68. The van der Waals surface area contributed by atoms with Gasteiger partial charge in [0.1, 0.15) is 10.7 Å². The van der Waals surface area contributed by atoms with Crippen LogP contribution in [0.15, 0.2) is 17.5 Å². The molecular weight excluding hydrogens is 206 g/mol. The van der Waals surface area contributed by atoms with Gasteiger partial charge in [0, 0.05) is 12.4 Å². The molecule has 3 N–H and O–H groups in total. The van der Waals surface area contributed by atoms with E-state index in [-0.39, 0.29) is 18.2 Å². The van der Waals surface area contributed by atoms with Gasteiger partial charge in [-0.25, -0.2) is 0 Å². The number of aromatic nitrogens is 1. The molecule has 0 aromatic carbocycles. The highest BCUT2D eigenvalue weighted by molar-refractivity contribution is 7.16. The maximum absolute atomic E-state index is 7.31. The quantitative estimate of drug-likeness (QED) is 0.555. The predicted molar refractivity (Wildman–Crippen MR) is 59.1 cm³/mol. The maximum Gasteiger partial charge on any atom is 0.139 e. The molecule has 2 heterocycles. The van der Waals surface area contributed by atoms with E-state index in [9.17, 15) is 0 Å². The van der Waals surface area contributed by atoms with E-state index < -0.39 is 0 Å². The Bertz CT molecular complexity index is 443. The molecule has 0 aliphatic heterocycles. The van der Waals surface area contributed by atoms with Crippen molar-refractivity contribution in [1.82, 2.24) is 4.57 Å². The van der Waals surface area contributed by atoms with Crippen LogP contribution in [-0.2, 0) is 7.05 Å². The molecule has 0 saturated carbocycles. The summed E-state index contributed by atoms with van der Waals surface area (Å²) in [6.07, 6.45) is 0. The molecule has 0 amide bonds. The summed E-state index contributed by atoms with van der Waals surface area (Å²) in [5, 5.41) is 10.5. The van der Waals surface area contributed by atoms with Crippen LogP contribution in [-0.4, -0.2) is 10.4 Å². The molecule has 3 nitrogen and oxygen atoms in total. The number of fused-ring (bicyclic) bond motifs is 1. The van der Waals surface area contributed by atoms with Gasteiger partial charge in [0.25, 0.3) is 0 Å². The maximum atomic E-state index is 7.31. The first-order chi connectivity index (χ1) is 5.70. The summed E-state index contributed by atoms with van der Waals surface area (Å²) >= 11 is 1.66. The first-order valence-corrected chi connectivity index (χ1v) is 4.45. The summed E-state index contributed by atoms with van der Waals surface area (Å²) in [5.41, 5.74) is 6.19. The molecule has 0 spiro atoms. The highest BCUT2D eigenvalue weighted by Gasteiger charge is 2.07. The molecule has 0 aliphatic rings. The highest BCUT2D eigenvalue weighted by atomic mass is 35.5. The number of aryl methyl sites for hydroxylation is 1. The number of nitrogens with two attached hydrogens (primary N) is 1. The van der Waals surface area contributed by atoms with E-state index >= 15 is 0 Å². The van der Waals surface area contributed by atoms with Gasteiger partial charge in [-0.05, 0) is 17.5 Å². The lowest BCUT2D eigenvalue weighted by molar-refractivity contribution is 0.958. The number of rotatable bonds is 1. The van der Waals surface area contributed by atoms with Crippen molar-refractivity contribution in [2.75, 3.05) is 0 Å². The van der Waals surface area contributed by atoms with E-state index in [1.165, 1.54) is 4.83 Å². The molecule has 2 aromatic heterocycles. The fourth-order valence-corrected chi connectivity index (χ4v) is 2.17. The van der Waals surface area contributed by atoms with Crippen molar-refractivity contribution in [2.45, 2.75) is 0 Å². The third-order valence-corrected chi connectivity index (χ3v) is 2.91. The van der Waals surface area contributed by atoms with Crippen LogP contribution in [0.1, 0.15) is 5.69 Å². The number of nitrogen functional groups attached to an aromatic ring is 1. The van der Waals surface area contributed by atoms with E-state index in [1.54, 1.807) is 11.3 Å². The Morgan fingerprint density at radius 3 is 2.85 bits per heavy atom. The van der Waals surface area contributed by atoms with Crippen molar-refractivity contribution in [2.24, 2.45) is 12.8 Å². The molecule has 0 atom stereocenters. The van der Waals surface area contributed by atoms with Gasteiger partial charge in [-0.1, -0.05) is 0 Å². The van der Waals surface area contributed by atoms with E-state index in [1.807, 2.05) is 29.1 Å². The molecule has 0 saturated heterocycles. The van der Waals surface area contributed by atoms with E-state index in [4.69, 9.17) is 11.1 Å². The van der Waals surface area contributed by atoms with Gasteiger partial charge in [-0.15, -0.1) is 23.7 Å². The Morgan fingerprint density at radius 2 is 2.31 bits per heavy atom. The van der Waals surface area contributed by atoms with E-state index in [0.29, 0.717) is 0 Å². The summed E-state index contributed by atoms with van der Waals surface area (Å²) in [6, 6.07) is 3.97. The average Bonchev–Trinajstić information content (AvgIpc) is 2.53. The number of hydrogen-bond acceptors (Lipinski definition) is 2. The summed E-state index contributed by atoms with van der Waals surface area (Å²) in [7, 11) is 1.93. The van der Waals surface area contributed by atoms with Gasteiger partial charge >= 0.3 is 0 Å². The molecule has 0 radical (unpaired) electrons. The first kappa shape index (κ1) is 10.1. The minimum Gasteiger partial charge on any atom is -0.382 e. The van der Waals surface area contributed by atoms with Crippen LogP contribution in [0.4, 0.5) is 0 Å². The van der Waals surface area contributed by atoms with Crippen LogP contribution in [0.3, 0.4) is 0 Å². The number of amidine groups is 1. The average molecular weight is 216 g/mol. The lowest BCUT2D eigenvalue weighted by Crippen LogP contribution is -2.14. The van der Waals surface area contributed by atoms with Gasteiger partial charge in [0.2, 0.25) is 0 Å². The lowest BCUT2D eigenvalue weighted by Gasteiger charge is -1.98. The van der Waals surface area contributed by atoms with Crippen LogP contribution in [0.5, 0.6) is 0 Å². The Hall–Kier alpha value is -1.00. The Labute approximate surface area is 86.1 Å². The van der Waals surface area contributed by atoms with Gasteiger partial charge in [-0.2, -0.15) is 0 Å². The van der Waals surface area contributed by atoms with Crippen molar-refractivity contribution in [1.29, 1.82) is 5.41 Å². The standard InChI is InChI=1S/C8H9N3S.ClH/c1-11-6(7(9)10)4-5-2-3-12-8(5)11;/h2-4H,1H3,(H3,9,10);1H. The van der Waals surface area contributed by atoms with Gasteiger partial charge in [0.15, 0.2) is 0 Å². The normalized spacial score (nSPS) is 9.92. The fraction of sp³-hybridized carbons (Fsp3) is 0.125. The largest absolute Gasteiger partial charge is 0.382 e. The number of halogens is 1. The zero-order valence-electron chi connectivity index (χ0n) is 7.07. The number of nitrogens with zero attached hydrogens (tertiary/aromatic N) is 1. The van der Waals surface area contributed by atoms with Gasteiger partial charge in [-0.3, -0.25) is 5.41 Å². The molecule has 0 bridgehead atoms. The summed E-state index contributed by atoms with van der Waals surface area (Å²) < 4.78 is 1.95. The Morgan fingerprint density at radius 1 is 1.62 bits per heavy atom. The molecule has 2 aromatic rings. The van der Waals surface area contributed by atoms with Crippen LogP contribution >= 0.6 is 23.7 Å².